The molecule has 1 aliphatic carbocycles. The predicted molar refractivity (Wildman–Crippen MR) is 128 cm³/mol. The molecule has 6 rings (SSSR count). The molecule has 0 spiro atoms. The fourth-order valence-corrected chi connectivity index (χ4v) is 5.26. The predicted octanol–water partition coefficient (Wildman–Crippen LogP) is 7.75. The van der Waals surface area contributed by atoms with Crippen LogP contribution in [-0.2, 0) is 12.8 Å². The van der Waals surface area contributed by atoms with Crippen LogP contribution >= 0.6 is 11.6 Å². The number of hydrogen-bond donors (Lipinski definition) is 0. The number of nitrogens with zero attached hydrogens (tertiary/aromatic N) is 1. The second kappa shape index (κ2) is 7.11. The van der Waals surface area contributed by atoms with E-state index in [0.717, 1.165) is 37.1 Å². The van der Waals surface area contributed by atoms with Crippen molar-refractivity contribution in [2.75, 3.05) is 0 Å². The third-order valence-electron chi connectivity index (χ3n) is 6.46. The maximum Gasteiger partial charge on any atom is 0.0760 e. The van der Waals surface area contributed by atoms with E-state index in [1.807, 2.05) is 0 Å². The molecule has 0 radical (unpaired) electrons. The van der Waals surface area contributed by atoms with Crippen molar-refractivity contribution in [2.24, 2.45) is 0 Å². The van der Waals surface area contributed by atoms with Gasteiger partial charge in [0.15, 0.2) is 0 Å². The summed E-state index contributed by atoms with van der Waals surface area (Å²) >= 11 is 6.55. The molecule has 1 aromatic heterocycles. The van der Waals surface area contributed by atoms with E-state index in [2.05, 4.69) is 78.9 Å². The molecular weight excluding hydrogens is 386 g/mol. The van der Waals surface area contributed by atoms with Crippen LogP contribution in [0.3, 0.4) is 0 Å². The van der Waals surface area contributed by atoms with Crippen molar-refractivity contribution < 1.29 is 0 Å². The van der Waals surface area contributed by atoms with E-state index in [-0.39, 0.29) is 5.38 Å². The zero-order valence-corrected chi connectivity index (χ0v) is 17.5. The number of alkyl halides is 1. The molecule has 5 aromatic rings. The molecule has 1 nitrogen and oxygen atoms in total. The summed E-state index contributed by atoms with van der Waals surface area (Å²) in [7, 11) is 0. The van der Waals surface area contributed by atoms with E-state index in [9.17, 15) is 0 Å². The summed E-state index contributed by atoms with van der Waals surface area (Å²) in [6.07, 6.45) is 4.12. The Kier molecular flexibility index (Phi) is 4.24. The van der Waals surface area contributed by atoms with E-state index in [1.54, 1.807) is 0 Å². The molecular formula is C28H22ClN. The third-order valence-corrected chi connectivity index (χ3v) is 6.89. The third kappa shape index (κ3) is 2.97. The highest BCUT2D eigenvalue weighted by atomic mass is 35.5. The van der Waals surface area contributed by atoms with Gasteiger partial charge in [-0.05, 0) is 68.8 Å². The maximum absolute atomic E-state index is 6.55. The van der Waals surface area contributed by atoms with Crippen LogP contribution in [0, 0.1) is 0 Å². The van der Waals surface area contributed by atoms with Crippen LogP contribution in [0.15, 0.2) is 78.9 Å². The number of fused-ring (bicyclic) bond motifs is 6. The summed E-state index contributed by atoms with van der Waals surface area (Å²) in [5.41, 5.74) is 4.81. The van der Waals surface area contributed by atoms with Crippen LogP contribution in [0.2, 0.25) is 0 Å². The van der Waals surface area contributed by atoms with Gasteiger partial charge in [0, 0.05) is 12.1 Å². The monoisotopic (exact) mass is 407 g/mol. The lowest BCUT2D eigenvalue weighted by atomic mass is 9.94. The molecule has 0 saturated heterocycles. The van der Waals surface area contributed by atoms with Gasteiger partial charge in [-0.1, -0.05) is 72.8 Å². The van der Waals surface area contributed by atoms with Crippen LogP contribution < -0.4 is 0 Å². The van der Waals surface area contributed by atoms with E-state index in [1.165, 1.54) is 43.4 Å². The van der Waals surface area contributed by atoms with Gasteiger partial charge in [-0.15, -0.1) is 11.6 Å². The minimum absolute atomic E-state index is 0.0579. The molecule has 0 fully saturated rings. The Balaban J connectivity index is 1.45. The lowest BCUT2D eigenvalue weighted by Gasteiger charge is -2.20. The summed E-state index contributed by atoms with van der Waals surface area (Å²) in [5, 5.41) is 7.87. The van der Waals surface area contributed by atoms with Crippen molar-refractivity contribution >= 4 is 43.9 Å². The SMILES string of the molecule is ClC1CCCc2ccc(Cc3ccc4ccc5c6ccccc6ccc5c4c3)nc21. The van der Waals surface area contributed by atoms with Gasteiger partial charge in [-0.3, -0.25) is 4.98 Å². The number of benzene rings is 4. The molecule has 0 saturated carbocycles. The second-order valence-electron chi connectivity index (χ2n) is 8.39. The molecule has 2 heteroatoms. The zero-order chi connectivity index (χ0) is 20.1. The number of aryl methyl sites for hydroxylation is 1. The highest BCUT2D eigenvalue weighted by Crippen LogP contribution is 2.34. The average Bonchev–Trinajstić information content (AvgIpc) is 2.79. The largest absolute Gasteiger partial charge is 0.256 e. The van der Waals surface area contributed by atoms with Crippen molar-refractivity contribution in [3.63, 3.8) is 0 Å². The minimum atomic E-state index is 0.0579. The van der Waals surface area contributed by atoms with Gasteiger partial charge < -0.3 is 0 Å². The lowest BCUT2D eigenvalue weighted by Crippen LogP contribution is -2.09. The highest BCUT2D eigenvalue weighted by Gasteiger charge is 2.20. The molecule has 30 heavy (non-hydrogen) atoms. The van der Waals surface area contributed by atoms with Gasteiger partial charge in [0.25, 0.3) is 0 Å². The van der Waals surface area contributed by atoms with Crippen LogP contribution in [0.25, 0.3) is 32.3 Å². The first kappa shape index (κ1) is 17.9. The molecule has 0 bridgehead atoms. The van der Waals surface area contributed by atoms with E-state index < -0.39 is 0 Å². The average molecular weight is 408 g/mol. The number of aromatic nitrogens is 1. The molecule has 0 N–H and O–H groups in total. The van der Waals surface area contributed by atoms with Gasteiger partial charge in [0.05, 0.1) is 11.1 Å². The first-order chi connectivity index (χ1) is 14.8. The summed E-state index contributed by atoms with van der Waals surface area (Å²) in [5.74, 6) is 0. The quantitative estimate of drug-likeness (QED) is 0.215. The Morgan fingerprint density at radius 1 is 0.767 bits per heavy atom. The topological polar surface area (TPSA) is 12.9 Å². The molecule has 1 atom stereocenters. The van der Waals surface area contributed by atoms with Crippen molar-refractivity contribution in [1.82, 2.24) is 4.98 Å². The number of rotatable bonds is 2. The molecule has 1 heterocycles. The second-order valence-corrected chi connectivity index (χ2v) is 8.91. The van der Waals surface area contributed by atoms with Gasteiger partial charge >= 0.3 is 0 Å². The van der Waals surface area contributed by atoms with Crippen molar-refractivity contribution in [2.45, 2.75) is 31.1 Å². The van der Waals surface area contributed by atoms with Crippen molar-refractivity contribution in [1.29, 1.82) is 0 Å². The van der Waals surface area contributed by atoms with Gasteiger partial charge in [-0.2, -0.15) is 0 Å². The number of halogens is 1. The number of hydrogen-bond acceptors (Lipinski definition) is 1. The normalized spacial score (nSPS) is 16.2. The molecule has 146 valence electrons. The molecule has 4 aromatic carbocycles. The van der Waals surface area contributed by atoms with Crippen LogP contribution in [-0.4, -0.2) is 4.98 Å². The fraction of sp³-hybridized carbons (Fsp3) is 0.179. The first-order valence-electron chi connectivity index (χ1n) is 10.7. The van der Waals surface area contributed by atoms with E-state index in [4.69, 9.17) is 16.6 Å². The van der Waals surface area contributed by atoms with E-state index >= 15 is 0 Å². The fourth-order valence-electron chi connectivity index (χ4n) is 4.92. The summed E-state index contributed by atoms with van der Waals surface area (Å²) in [6.45, 7) is 0. The van der Waals surface area contributed by atoms with Crippen molar-refractivity contribution in [3.8, 4) is 0 Å². The standard InChI is InChI=1S/C28H22ClN/c29-27-7-3-5-21-10-13-22(30-28(21)27)16-18-8-9-20-12-14-24-23-6-2-1-4-19(23)11-15-25(24)26(20)17-18/h1-2,4,6,8-15,17,27H,3,5,7,16H2. The minimum Gasteiger partial charge on any atom is -0.256 e. The van der Waals surface area contributed by atoms with Crippen LogP contribution in [0.5, 0.6) is 0 Å². The first-order valence-corrected chi connectivity index (χ1v) is 11.2. The van der Waals surface area contributed by atoms with Crippen LogP contribution in [0.4, 0.5) is 0 Å². The van der Waals surface area contributed by atoms with Gasteiger partial charge in [0.2, 0.25) is 0 Å². The Hall–Kier alpha value is -2.90. The van der Waals surface area contributed by atoms with Crippen molar-refractivity contribution in [3.05, 3.63) is 101 Å². The van der Waals surface area contributed by atoms with Gasteiger partial charge in [0.1, 0.15) is 0 Å². The Morgan fingerprint density at radius 2 is 1.53 bits per heavy atom. The molecule has 0 amide bonds. The van der Waals surface area contributed by atoms with E-state index in [0.29, 0.717) is 0 Å². The smallest absolute Gasteiger partial charge is 0.0760 e. The Bertz CT molecular complexity index is 1420. The summed E-state index contributed by atoms with van der Waals surface area (Å²) in [6, 6.07) is 28.8. The van der Waals surface area contributed by atoms with Crippen LogP contribution in [0.1, 0.15) is 40.7 Å². The Labute approximate surface area is 181 Å². The molecule has 1 aliphatic rings. The maximum atomic E-state index is 6.55. The Morgan fingerprint density at radius 3 is 2.43 bits per heavy atom. The summed E-state index contributed by atoms with van der Waals surface area (Å²) < 4.78 is 0. The number of pyridine rings is 1. The molecule has 1 unspecified atom stereocenters. The van der Waals surface area contributed by atoms with Gasteiger partial charge in [-0.25, -0.2) is 0 Å². The lowest BCUT2D eigenvalue weighted by molar-refractivity contribution is 0.646. The summed E-state index contributed by atoms with van der Waals surface area (Å²) in [4.78, 5) is 4.94. The highest BCUT2D eigenvalue weighted by molar-refractivity contribution is 6.20. The molecule has 0 aliphatic heterocycles. The zero-order valence-electron chi connectivity index (χ0n) is 16.7.